The van der Waals surface area contributed by atoms with Crippen LogP contribution in [0.2, 0.25) is 0 Å². The van der Waals surface area contributed by atoms with Crippen molar-refractivity contribution in [3.8, 4) is 5.75 Å². The number of rotatable bonds is 7. The molecule has 1 aliphatic rings. The summed E-state index contributed by atoms with van der Waals surface area (Å²) < 4.78 is 11.0. The predicted octanol–water partition coefficient (Wildman–Crippen LogP) is 3.61. The van der Waals surface area contributed by atoms with Crippen LogP contribution < -0.4 is 4.74 Å². The topological polar surface area (TPSA) is 58.7 Å². The van der Waals surface area contributed by atoms with Crippen LogP contribution in [0.1, 0.15) is 48.3 Å². The first-order valence-corrected chi connectivity index (χ1v) is 9.00. The average Bonchev–Trinajstić information content (AvgIpc) is 3.13. The van der Waals surface area contributed by atoms with Crippen LogP contribution in [0.25, 0.3) is 0 Å². The van der Waals surface area contributed by atoms with E-state index in [1.807, 2.05) is 26.0 Å². The van der Waals surface area contributed by atoms with Gasteiger partial charge in [-0.25, -0.2) is 0 Å². The van der Waals surface area contributed by atoms with E-state index in [4.69, 9.17) is 9.26 Å². The molecule has 0 spiro atoms. The minimum atomic E-state index is -0.494. The first-order valence-electron chi connectivity index (χ1n) is 9.00. The van der Waals surface area contributed by atoms with E-state index in [1.165, 1.54) is 5.56 Å². The van der Waals surface area contributed by atoms with Gasteiger partial charge < -0.3 is 14.4 Å². The molecule has 0 aliphatic heterocycles. The van der Waals surface area contributed by atoms with Gasteiger partial charge in [0.2, 0.25) is 0 Å². The smallest absolute Gasteiger partial charge is 0.140 e. The summed E-state index contributed by atoms with van der Waals surface area (Å²) >= 11 is 0. The lowest BCUT2D eigenvalue weighted by atomic mass is 10.0. The summed E-state index contributed by atoms with van der Waals surface area (Å²) in [4.78, 5) is 2.20. The van der Waals surface area contributed by atoms with Crippen LogP contribution in [-0.2, 0) is 13.2 Å². The highest BCUT2D eigenvalue weighted by molar-refractivity contribution is 5.28. The summed E-state index contributed by atoms with van der Waals surface area (Å²) in [6.07, 6.45) is 4.13. The second-order valence-corrected chi connectivity index (χ2v) is 7.34. The lowest BCUT2D eigenvalue weighted by Gasteiger charge is -2.28. The fourth-order valence-corrected chi connectivity index (χ4v) is 3.62. The molecule has 25 heavy (non-hydrogen) atoms. The highest BCUT2D eigenvalue weighted by Gasteiger charge is 2.32. The van der Waals surface area contributed by atoms with Crippen LogP contribution in [0, 0.1) is 13.8 Å². The molecule has 5 nitrogen and oxygen atoms in total. The Labute approximate surface area is 149 Å². The lowest BCUT2D eigenvalue weighted by molar-refractivity contribution is 0.0145. The van der Waals surface area contributed by atoms with Crippen LogP contribution in [0.5, 0.6) is 5.75 Å². The number of aromatic nitrogens is 1. The molecule has 136 valence electrons. The molecule has 1 aliphatic carbocycles. The van der Waals surface area contributed by atoms with Crippen LogP contribution in [0.15, 0.2) is 28.8 Å². The largest absolute Gasteiger partial charge is 0.489 e. The zero-order valence-corrected chi connectivity index (χ0v) is 15.4. The number of hydrogen-bond acceptors (Lipinski definition) is 5. The number of hydrogen-bond donors (Lipinski definition) is 1. The van der Waals surface area contributed by atoms with Gasteiger partial charge in [-0.05, 0) is 51.4 Å². The first-order chi connectivity index (χ1) is 12.0. The van der Waals surface area contributed by atoms with E-state index in [-0.39, 0.29) is 0 Å². The van der Waals surface area contributed by atoms with E-state index >= 15 is 0 Å². The fraction of sp³-hybridized carbons (Fsp3) is 0.550. The van der Waals surface area contributed by atoms with Crippen molar-refractivity contribution in [2.45, 2.75) is 58.3 Å². The highest BCUT2D eigenvalue weighted by Crippen LogP contribution is 2.30. The molecule has 2 aromatic rings. The van der Waals surface area contributed by atoms with Gasteiger partial charge in [-0.2, -0.15) is 0 Å². The van der Waals surface area contributed by atoms with Gasteiger partial charge in [0.05, 0.1) is 16.9 Å². The highest BCUT2D eigenvalue weighted by atomic mass is 16.5. The summed E-state index contributed by atoms with van der Waals surface area (Å²) in [6, 6.07) is 8.15. The first kappa shape index (κ1) is 18.0. The number of aliphatic hydroxyl groups is 1. The van der Waals surface area contributed by atoms with E-state index in [0.717, 1.165) is 61.5 Å². The molecule has 0 unspecified atom stereocenters. The summed E-state index contributed by atoms with van der Waals surface area (Å²) in [5.41, 5.74) is 2.61. The molecule has 0 saturated heterocycles. The number of benzene rings is 1. The van der Waals surface area contributed by atoms with E-state index in [2.05, 4.69) is 29.2 Å². The molecule has 3 rings (SSSR count). The third-order valence-electron chi connectivity index (χ3n) is 5.04. The molecule has 0 amide bonds. The Morgan fingerprint density at radius 1 is 1.20 bits per heavy atom. The van der Waals surface area contributed by atoms with Crippen molar-refractivity contribution in [1.29, 1.82) is 0 Å². The van der Waals surface area contributed by atoms with Crippen LogP contribution in [0.3, 0.4) is 0 Å². The molecule has 0 atom stereocenters. The molecular formula is C20H28N2O3. The third-order valence-corrected chi connectivity index (χ3v) is 5.04. The lowest BCUT2D eigenvalue weighted by Crippen LogP contribution is -2.38. The third kappa shape index (κ3) is 4.61. The second kappa shape index (κ2) is 7.58. The zero-order valence-electron chi connectivity index (χ0n) is 15.4. The Bertz CT molecular complexity index is 668. The molecule has 0 bridgehead atoms. The van der Waals surface area contributed by atoms with Crippen molar-refractivity contribution in [3.63, 3.8) is 0 Å². The molecule has 1 aromatic carbocycles. The molecule has 1 aromatic heterocycles. The van der Waals surface area contributed by atoms with Gasteiger partial charge in [0.25, 0.3) is 0 Å². The molecular weight excluding hydrogens is 316 g/mol. The Hall–Kier alpha value is -1.85. The number of ether oxygens (including phenoxy) is 1. The predicted molar refractivity (Wildman–Crippen MR) is 96.5 cm³/mol. The van der Waals surface area contributed by atoms with Crippen LogP contribution >= 0.6 is 0 Å². The zero-order chi connectivity index (χ0) is 17.9. The minimum absolute atomic E-state index is 0.466. The SMILES string of the molecule is Cc1noc(C)c1COc1ccc(CN(C)CC2(O)CCCC2)cc1. The van der Waals surface area contributed by atoms with Gasteiger partial charge in [0.15, 0.2) is 0 Å². The van der Waals surface area contributed by atoms with Gasteiger partial charge in [-0.1, -0.05) is 30.1 Å². The molecule has 1 saturated carbocycles. The van der Waals surface area contributed by atoms with Crippen molar-refractivity contribution in [1.82, 2.24) is 10.1 Å². The van der Waals surface area contributed by atoms with Gasteiger partial charge in [0.1, 0.15) is 18.1 Å². The normalized spacial score (nSPS) is 16.5. The quantitative estimate of drug-likeness (QED) is 0.831. The molecule has 0 radical (unpaired) electrons. The van der Waals surface area contributed by atoms with Crippen molar-refractivity contribution in [2.75, 3.05) is 13.6 Å². The standard InChI is InChI=1S/C20H28N2O3/c1-15-19(16(2)25-21-15)13-24-18-8-6-17(7-9-18)12-22(3)14-20(23)10-4-5-11-20/h6-9,23H,4-5,10-14H2,1-3H3. The maximum Gasteiger partial charge on any atom is 0.140 e. The Balaban J connectivity index is 1.51. The summed E-state index contributed by atoms with van der Waals surface area (Å²) in [5.74, 6) is 1.64. The Morgan fingerprint density at radius 2 is 1.88 bits per heavy atom. The van der Waals surface area contributed by atoms with Crippen molar-refractivity contribution >= 4 is 0 Å². The molecule has 5 heteroatoms. The number of aryl methyl sites for hydroxylation is 2. The molecule has 1 fully saturated rings. The number of nitrogens with zero attached hydrogens (tertiary/aromatic N) is 2. The van der Waals surface area contributed by atoms with Crippen LogP contribution in [-0.4, -0.2) is 34.4 Å². The maximum atomic E-state index is 10.5. The summed E-state index contributed by atoms with van der Waals surface area (Å²) in [5, 5.41) is 14.5. The number of likely N-dealkylation sites (N-methyl/N-ethyl adjacent to an activating group) is 1. The van der Waals surface area contributed by atoms with E-state index in [9.17, 15) is 5.11 Å². The van der Waals surface area contributed by atoms with Gasteiger partial charge in [-0.15, -0.1) is 0 Å². The maximum absolute atomic E-state index is 10.5. The van der Waals surface area contributed by atoms with Crippen molar-refractivity contribution < 1.29 is 14.4 Å². The molecule has 1 heterocycles. The Kier molecular flexibility index (Phi) is 5.45. The van der Waals surface area contributed by atoms with Crippen molar-refractivity contribution in [3.05, 3.63) is 46.8 Å². The Morgan fingerprint density at radius 3 is 2.48 bits per heavy atom. The fourth-order valence-electron chi connectivity index (χ4n) is 3.62. The molecule has 1 N–H and O–H groups in total. The van der Waals surface area contributed by atoms with E-state index < -0.39 is 5.60 Å². The minimum Gasteiger partial charge on any atom is -0.489 e. The van der Waals surface area contributed by atoms with Crippen molar-refractivity contribution in [2.24, 2.45) is 0 Å². The van der Waals surface area contributed by atoms with Gasteiger partial charge in [-0.3, -0.25) is 4.90 Å². The van der Waals surface area contributed by atoms with Gasteiger partial charge >= 0.3 is 0 Å². The average molecular weight is 344 g/mol. The van der Waals surface area contributed by atoms with E-state index in [0.29, 0.717) is 6.61 Å². The van der Waals surface area contributed by atoms with Gasteiger partial charge in [0, 0.05) is 13.1 Å². The van der Waals surface area contributed by atoms with E-state index in [1.54, 1.807) is 0 Å². The monoisotopic (exact) mass is 344 g/mol. The second-order valence-electron chi connectivity index (χ2n) is 7.34. The summed E-state index contributed by atoms with van der Waals surface area (Å²) in [6.45, 7) is 5.85. The summed E-state index contributed by atoms with van der Waals surface area (Å²) in [7, 11) is 2.07. The van der Waals surface area contributed by atoms with Crippen LogP contribution in [0.4, 0.5) is 0 Å².